The third-order valence-corrected chi connectivity index (χ3v) is 4.21. The molecular formula is C6I2N2S. The van der Waals surface area contributed by atoms with Crippen LogP contribution in [-0.2, 0) is 0 Å². The summed E-state index contributed by atoms with van der Waals surface area (Å²) in [5.74, 6) is 0. The predicted molar refractivity (Wildman–Crippen MR) is 59.2 cm³/mol. The molecule has 0 fully saturated rings. The Kier molecular flexibility index (Phi) is 3.10. The molecule has 0 aliphatic rings. The Labute approximate surface area is 95.1 Å². The van der Waals surface area contributed by atoms with Crippen LogP contribution in [0, 0.1) is 28.4 Å². The van der Waals surface area contributed by atoms with Gasteiger partial charge in [-0.25, -0.2) is 0 Å². The number of hydrogen-bond acceptors (Lipinski definition) is 3. The molecule has 54 valence electrons. The van der Waals surface area contributed by atoms with Crippen molar-refractivity contribution in [3.8, 4) is 12.1 Å². The van der Waals surface area contributed by atoms with Crippen molar-refractivity contribution in [1.82, 2.24) is 0 Å². The van der Waals surface area contributed by atoms with Crippen molar-refractivity contribution < 1.29 is 0 Å². The zero-order valence-corrected chi connectivity index (χ0v) is 10.2. The van der Waals surface area contributed by atoms with E-state index in [2.05, 4.69) is 45.2 Å². The lowest BCUT2D eigenvalue weighted by Gasteiger charge is -1.81. The summed E-state index contributed by atoms with van der Waals surface area (Å²) in [6.45, 7) is 0. The number of nitriles is 2. The number of rotatable bonds is 0. The topological polar surface area (TPSA) is 47.6 Å². The first kappa shape index (κ1) is 9.23. The molecule has 0 aliphatic carbocycles. The van der Waals surface area contributed by atoms with E-state index in [4.69, 9.17) is 10.5 Å². The van der Waals surface area contributed by atoms with Crippen LogP contribution < -0.4 is 0 Å². The molecule has 1 heterocycles. The number of nitrogens with zero attached hydrogens (tertiary/aromatic N) is 2. The second-order valence-electron chi connectivity index (χ2n) is 1.62. The van der Waals surface area contributed by atoms with Crippen molar-refractivity contribution in [3.63, 3.8) is 0 Å². The van der Waals surface area contributed by atoms with Crippen LogP contribution in [0.2, 0.25) is 0 Å². The average Bonchev–Trinajstić information content (AvgIpc) is 2.24. The fourth-order valence-corrected chi connectivity index (χ4v) is 4.60. The average molecular weight is 386 g/mol. The summed E-state index contributed by atoms with van der Waals surface area (Å²) in [4.78, 5) is 0. The molecule has 0 bridgehead atoms. The molecule has 11 heavy (non-hydrogen) atoms. The molecule has 0 unspecified atom stereocenters. The minimum absolute atomic E-state index is 0.516. The summed E-state index contributed by atoms with van der Waals surface area (Å²) in [7, 11) is 0. The quantitative estimate of drug-likeness (QED) is 0.644. The molecule has 0 spiro atoms. The molecule has 0 saturated heterocycles. The SMILES string of the molecule is N#Cc1c(I)sc(I)c1C#N. The van der Waals surface area contributed by atoms with Crippen LogP contribution in [-0.4, -0.2) is 0 Å². The van der Waals surface area contributed by atoms with Gasteiger partial charge in [0, 0.05) is 0 Å². The first-order chi connectivity index (χ1) is 5.20. The first-order valence-corrected chi connectivity index (χ1v) is 5.46. The zero-order chi connectivity index (χ0) is 8.43. The second-order valence-corrected chi connectivity index (χ2v) is 6.27. The van der Waals surface area contributed by atoms with E-state index in [9.17, 15) is 0 Å². The Balaban J connectivity index is 3.47. The van der Waals surface area contributed by atoms with Crippen LogP contribution in [0.4, 0.5) is 0 Å². The highest BCUT2D eigenvalue weighted by Crippen LogP contribution is 2.29. The summed E-state index contributed by atoms with van der Waals surface area (Å²) in [5.41, 5.74) is 1.03. The van der Waals surface area contributed by atoms with Gasteiger partial charge < -0.3 is 0 Å². The summed E-state index contributed by atoms with van der Waals surface area (Å²) in [6.07, 6.45) is 0. The van der Waals surface area contributed by atoms with Crippen LogP contribution in [0.1, 0.15) is 11.1 Å². The number of halogens is 2. The Hall–Kier alpha value is 0.140. The molecular weight excluding hydrogens is 386 g/mol. The van der Waals surface area contributed by atoms with Gasteiger partial charge in [-0.1, -0.05) is 0 Å². The molecule has 1 aromatic heterocycles. The number of thiophene rings is 1. The molecule has 5 heteroatoms. The maximum absolute atomic E-state index is 8.64. The molecule has 0 aromatic carbocycles. The van der Waals surface area contributed by atoms with Crippen LogP contribution in [0.15, 0.2) is 0 Å². The predicted octanol–water partition coefficient (Wildman–Crippen LogP) is 2.70. The van der Waals surface area contributed by atoms with Gasteiger partial charge in [0.25, 0.3) is 0 Å². The van der Waals surface area contributed by atoms with E-state index in [1.165, 1.54) is 11.3 Å². The lowest BCUT2D eigenvalue weighted by molar-refractivity contribution is 1.45. The van der Waals surface area contributed by atoms with Gasteiger partial charge >= 0.3 is 0 Å². The molecule has 0 N–H and O–H groups in total. The Morgan fingerprint density at radius 3 is 1.64 bits per heavy atom. The molecule has 2 nitrogen and oxygen atoms in total. The monoisotopic (exact) mass is 386 g/mol. The fraction of sp³-hybridized carbons (Fsp3) is 0. The Morgan fingerprint density at radius 2 is 1.36 bits per heavy atom. The van der Waals surface area contributed by atoms with Crippen LogP contribution in [0.25, 0.3) is 0 Å². The van der Waals surface area contributed by atoms with E-state index in [0.29, 0.717) is 11.1 Å². The minimum atomic E-state index is 0.516. The van der Waals surface area contributed by atoms with Gasteiger partial charge in [0.05, 0.1) is 16.9 Å². The van der Waals surface area contributed by atoms with Crippen molar-refractivity contribution in [3.05, 3.63) is 16.9 Å². The van der Waals surface area contributed by atoms with E-state index in [1.807, 2.05) is 12.1 Å². The highest BCUT2D eigenvalue weighted by atomic mass is 127. The molecule has 0 amide bonds. The molecule has 1 rings (SSSR count). The summed E-state index contributed by atoms with van der Waals surface area (Å²) < 4.78 is 1.79. The van der Waals surface area contributed by atoms with Crippen molar-refractivity contribution in [2.45, 2.75) is 0 Å². The lowest BCUT2D eigenvalue weighted by Crippen LogP contribution is -1.78. The fourth-order valence-electron chi connectivity index (χ4n) is 0.577. The third kappa shape index (κ3) is 1.66. The van der Waals surface area contributed by atoms with Gasteiger partial charge in [0.1, 0.15) is 12.1 Å². The minimum Gasteiger partial charge on any atom is -0.192 e. The lowest BCUT2D eigenvalue weighted by atomic mass is 10.2. The molecule has 0 radical (unpaired) electrons. The van der Waals surface area contributed by atoms with Gasteiger partial charge in [-0.3, -0.25) is 0 Å². The Morgan fingerprint density at radius 1 is 1.00 bits per heavy atom. The van der Waals surface area contributed by atoms with Crippen LogP contribution in [0.5, 0.6) is 0 Å². The molecule has 0 saturated carbocycles. The maximum atomic E-state index is 8.64. The van der Waals surface area contributed by atoms with Crippen molar-refractivity contribution >= 4 is 56.5 Å². The van der Waals surface area contributed by atoms with Gasteiger partial charge in [-0.2, -0.15) is 10.5 Å². The van der Waals surface area contributed by atoms with Crippen molar-refractivity contribution in [2.24, 2.45) is 0 Å². The van der Waals surface area contributed by atoms with Gasteiger partial charge in [-0.05, 0) is 45.2 Å². The molecule has 0 atom stereocenters. The standard InChI is InChI=1S/C6I2N2S/c7-5-3(1-9)4(2-10)6(8)11-5. The van der Waals surface area contributed by atoms with Crippen molar-refractivity contribution in [2.75, 3.05) is 0 Å². The smallest absolute Gasteiger partial charge is 0.103 e. The highest BCUT2D eigenvalue weighted by molar-refractivity contribution is 14.1. The largest absolute Gasteiger partial charge is 0.192 e. The highest BCUT2D eigenvalue weighted by Gasteiger charge is 2.13. The van der Waals surface area contributed by atoms with E-state index in [-0.39, 0.29) is 0 Å². The summed E-state index contributed by atoms with van der Waals surface area (Å²) in [5, 5.41) is 17.3. The summed E-state index contributed by atoms with van der Waals surface area (Å²) >= 11 is 5.61. The molecule has 0 aliphatic heterocycles. The summed E-state index contributed by atoms with van der Waals surface area (Å²) in [6, 6.07) is 4.02. The number of hydrogen-bond donors (Lipinski definition) is 0. The van der Waals surface area contributed by atoms with Crippen LogP contribution in [0.3, 0.4) is 0 Å². The van der Waals surface area contributed by atoms with Gasteiger partial charge in [0.15, 0.2) is 0 Å². The van der Waals surface area contributed by atoms with Gasteiger partial charge in [0.2, 0.25) is 0 Å². The van der Waals surface area contributed by atoms with Gasteiger partial charge in [-0.15, -0.1) is 11.3 Å². The normalized spacial score (nSPS) is 8.73. The van der Waals surface area contributed by atoms with Crippen molar-refractivity contribution in [1.29, 1.82) is 10.5 Å². The van der Waals surface area contributed by atoms with E-state index < -0.39 is 0 Å². The van der Waals surface area contributed by atoms with E-state index >= 15 is 0 Å². The first-order valence-electron chi connectivity index (χ1n) is 2.48. The van der Waals surface area contributed by atoms with E-state index in [1.54, 1.807) is 0 Å². The third-order valence-electron chi connectivity index (χ3n) is 1.05. The zero-order valence-electron chi connectivity index (χ0n) is 5.06. The maximum Gasteiger partial charge on any atom is 0.103 e. The van der Waals surface area contributed by atoms with Crippen LogP contribution >= 0.6 is 56.5 Å². The van der Waals surface area contributed by atoms with E-state index in [0.717, 1.165) is 5.77 Å². The Bertz CT molecular complexity index is 335. The molecule has 1 aromatic rings. The second kappa shape index (κ2) is 3.70.